The zero-order valence-corrected chi connectivity index (χ0v) is 9.77. The van der Waals surface area contributed by atoms with Crippen molar-refractivity contribution < 1.29 is 5.11 Å². The van der Waals surface area contributed by atoms with Gasteiger partial charge in [0.2, 0.25) is 0 Å². The van der Waals surface area contributed by atoms with Crippen LogP contribution in [-0.2, 0) is 6.42 Å². The van der Waals surface area contributed by atoms with Crippen LogP contribution in [-0.4, -0.2) is 16.7 Å². The minimum Gasteiger partial charge on any atom is -0.394 e. The molecule has 0 spiro atoms. The molecule has 1 heterocycles. The summed E-state index contributed by atoms with van der Waals surface area (Å²) in [4.78, 5) is 5.46. The molecule has 14 heavy (non-hydrogen) atoms. The summed E-state index contributed by atoms with van der Waals surface area (Å²) in [5.41, 5.74) is 6.72. The molecule has 0 saturated heterocycles. The number of aliphatic hydroxyl groups is 1. The Morgan fingerprint density at radius 2 is 2.14 bits per heavy atom. The van der Waals surface area contributed by atoms with Gasteiger partial charge in [-0.25, -0.2) is 4.98 Å². The molecular weight excluding hydrogens is 196 g/mol. The molecule has 1 rings (SSSR count). The van der Waals surface area contributed by atoms with E-state index in [1.54, 1.807) is 11.3 Å². The Balaban J connectivity index is 2.82. The predicted molar refractivity (Wildman–Crippen MR) is 59.4 cm³/mol. The summed E-state index contributed by atoms with van der Waals surface area (Å²) >= 11 is 1.62. The van der Waals surface area contributed by atoms with Crippen molar-refractivity contribution in [3.05, 3.63) is 15.6 Å². The molecule has 4 heteroatoms. The number of nitrogens with two attached hydrogens (primary N) is 1. The molecule has 1 aromatic heterocycles. The summed E-state index contributed by atoms with van der Waals surface area (Å²) in [6.07, 6.45) is 0.990. The Kier molecular flexibility index (Phi) is 4.04. The summed E-state index contributed by atoms with van der Waals surface area (Å²) < 4.78 is 0. The van der Waals surface area contributed by atoms with Gasteiger partial charge in [-0.3, -0.25) is 0 Å². The van der Waals surface area contributed by atoms with E-state index in [0.29, 0.717) is 5.92 Å². The van der Waals surface area contributed by atoms with Crippen LogP contribution >= 0.6 is 11.3 Å². The van der Waals surface area contributed by atoms with Gasteiger partial charge in [-0.2, -0.15) is 0 Å². The second kappa shape index (κ2) is 4.87. The fourth-order valence-electron chi connectivity index (χ4n) is 1.33. The molecule has 1 aromatic rings. The number of aromatic nitrogens is 1. The first-order valence-electron chi connectivity index (χ1n) is 4.87. The first-order chi connectivity index (χ1) is 6.54. The van der Waals surface area contributed by atoms with Gasteiger partial charge in [-0.05, 0) is 12.8 Å². The van der Waals surface area contributed by atoms with Crippen molar-refractivity contribution >= 4 is 11.3 Å². The molecular formula is C10H18N2OS. The van der Waals surface area contributed by atoms with Gasteiger partial charge in [0.25, 0.3) is 0 Å². The molecule has 1 atom stereocenters. The highest BCUT2D eigenvalue weighted by atomic mass is 32.1. The minimum absolute atomic E-state index is 0.00977. The van der Waals surface area contributed by atoms with Crippen LogP contribution < -0.4 is 5.73 Å². The van der Waals surface area contributed by atoms with E-state index in [9.17, 15) is 0 Å². The number of nitrogens with zero attached hydrogens (tertiary/aromatic N) is 1. The van der Waals surface area contributed by atoms with Crippen LogP contribution in [0.15, 0.2) is 0 Å². The number of rotatable bonds is 4. The monoisotopic (exact) mass is 214 g/mol. The number of hydrogen-bond donors (Lipinski definition) is 2. The lowest BCUT2D eigenvalue weighted by Gasteiger charge is -2.04. The third kappa shape index (κ3) is 2.77. The van der Waals surface area contributed by atoms with Gasteiger partial charge in [0.1, 0.15) is 0 Å². The summed E-state index contributed by atoms with van der Waals surface area (Å²) in [5.74, 6) is 0.610. The van der Waals surface area contributed by atoms with E-state index in [1.165, 1.54) is 0 Å². The first kappa shape index (κ1) is 11.6. The Labute approximate surface area is 89.0 Å². The van der Waals surface area contributed by atoms with Crippen molar-refractivity contribution in [2.75, 3.05) is 6.61 Å². The molecule has 0 radical (unpaired) electrons. The molecule has 0 aliphatic heterocycles. The smallest absolute Gasteiger partial charge is 0.0934 e. The summed E-state index contributed by atoms with van der Waals surface area (Å²) in [6, 6.07) is -0.270. The highest BCUT2D eigenvalue weighted by Crippen LogP contribution is 2.25. The Morgan fingerprint density at radius 1 is 1.50 bits per heavy atom. The van der Waals surface area contributed by atoms with E-state index >= 15 is 0 Å². The van der Waals surface area contributed by atoms with Crippen LogP contribution in [0.4, 0.5) is 0 Å². The zero-order chi connectivity index (χ0) is 10.7. The molecule has 3 N–H and O–H groups in total. The molecule has 0 aliphatic rings. The Morgan fingerprint density at radius 3 is 2.64 bits per heavy atom. The SMILES string of the molecule is Cc1nc(CC(C)C)sc1C(N)CO. The minimum atomic E-state index is -0.270. The molecule has 0 aliphatic carbocycles. The number of thiazole rings is 1. The first-order valence-corrected chi connectivity index (χ1v) is 5.68. The van der Waals surface area contributed by atoms with Crippen molar-refractivity contribution in [2.24, 2.45) is 11.7 Å². The Hall–Kier alpha value is -0.450. The summed E-state index contributed by atoms with van der Waals surface area (Å²) in [7, 11) is 0. The fourth-order valence-corrected chi connectivity index (χ4v) is 2.60. The van der Waals surface area contributed by atoms with Crippen LogP contribution in [0.25, 0.3) is 0 Å². The quantitative estimate of drug-likeness (QED) is 0.801. The summed E-state index contributed by atoms with van der Waals surface area (Å²) in [5, 5.41) is 10.1. The van der Waals surface area contributed by atoms with Crippen LogP contribution in [0.2, 0.25) is 0 Å². The van der Waals surface area contributed by atoms with Crippen LogP contribution in [0.1, 0.15) is 35.5 Å². The maximum absolute atomic E-state index is 8.96. The second-order valence-electron chi connectivity index (χ2n) is 3.94. The third-order valence-electron chi connectivity index (χ3n) is 1.99. The van der Waals surface area contributed by atoms with E-state index in [2.05, 4.69) is 18.8 Å². The predicted octanol–water partition coefficient (Wildman–Crippen LogP) is 1.64. The lowest BCUT2D eigenvalue weighted by molar-refractivity contribution is 0.269. The summed E-state index contributed by atoms with van der Waals surface area (Å²) in [6.45, 7) is 6.28. The standard InChI is InChI=1S/C10H18N2OS/c1-6(2)4-9-12-7(3)10(14-9)8(11)5-13/h6,8,13H,4-5,11H2,1-3H3. The molecule has 80 valence electrons. The van der Waals surface area contributed by atoms with Gasteiger partial charge in [-0.15, -0.1) is 11.3 Å². The topological polar surface area (TPSA) is 59.1 Å². The molecule has 0 saturated carbocycles. The van der Waals surface area contributed by atoms with Crippen molar-refractivity contribution in [2.45, 2.75) is 33.2 Å². The Bertz CT molecular complexity index is 296. The van der Waals surface area contributed by atoms with Crippen LogP contribution in [0.3, 0.4) is 0 Å². The normalized spacial score (nSPS) is 13.6. The molecule has 3 nitrogen and oxygen atoms in total. The van der Waals surface area contributed by atoms with Crippen molar-refractivity contribution in [3.8, 4) is 0 Å². The average Bonchev–Trinajstić information content (AvgIpc) is 2.44. The molecule has 0 fully saturated rings. The van der Waals surface area contributed by atoms with E-state index in [0.717, 1.165) is 22.0 Å². The van der Waals surface area contributed by atoms with Gasteiger partial charge in [0.05, 0.1) is 23.4 Å². The maximum atomic E-state index is 8.96. The van der Waals surface area contributed by atoms with Crippen molar-refractivity contribution in [1.82, 2.24) is 4.98 Å². The molecule has 1 unspecified atom stereocenters. The fraction of sp³-hybridized carbons (Fsp3) is 0.700. The van der Waals surface area contributed by atoms with E-state index in [-0.39, 0.29) is 12.6 Å². The lowest BCUT2D eigenvalue weighted by Crippen LogP contribution is -2.13. The van der Waals surface area contributed by atoms with Crippen molar-refractivity contribution in [1.29, 1.82) is 0 Å². The van der Waals surface area contributed by atoms with Gasteiger partial charge in [0.15, 0.2) is 0 Å². The van der Waals surface area contributed by atoms with Crippen molar-refractivity contribution in [3.63, 3.8) is 0 Å². The highest BCUT2D eigenvalue weighted by Gasteiger charge is 2.14. The molecule has 0 amide bonds. The van der Waals surface area contributed by atoms with E-state index < -0.39 is 0 Å². The van der Waals surface area contributed by atoms with Crippen LogP contribution in [0.5, 0.6) is 0 Å². The maximum Gasteiger partial charge on any atom is 0.0934 e. The van der Waals surface area contributed by atoms with E-state index in [4.69, 9.17) is 10.8 Å². The molecule has 0 bridgehead atoms. The van der Waals surface area contributed by atoms with Gasteiger partial charge < -0.3 is 10.8 Å². The second-order valence-corrected chi connectivity index (χ2v) is 5.06. The number of aryl methyl sites for hydroxylation is 1. The van der Waals surface area contributed by atoms with Crippen LogP contribution in [0, 0.1) is 12.8 Å². The largest absolute Gasteiger partial charge is 0.394 e. The average molecular weight is 214 g/mol. The van der Waals surface area contributed by atoms with Gasteiger partial charge >= 0.3 is 0 Å². The third-order valence-corrected chi connectivity index (χ3v) is 3.30. The highest BCUT2D eigenvalue weighted by molar-refractivity contribution is 7.11. The molecule has 0 aromatic carbocycles. The zero-order valence-electron chi connectivity index (χ0n) is 8.95. The van der Waals surface area contributed by atoms with Gasteiger partial charge in [0, 0.05) is 11.3 Å². The number of hydrogen-bond acceptors (Lipinski definition) is 4. The number of aliphatic hydroxyl groups excluding tert-OH is 1. The lowest BCUT2D eigenvalue weighted by atomic mass is 10.1. The van der Waals surface area contributed by atoms with Gasteiger partial charge in [-0.1, -0.05) is 13.8 Å². The van der Waals surface area contributed by atoms with E-state index in [1.807, 2.05) is 6.92 Å².